The van der Waals surface area contributed by atoms with Gasteiger partial charge in [-0.05, 0) is 25.3 Å². The molecule has 92 valence electrons. The highest BCUT2D eigenvalue weighted by atomic mass is 32.1. The van der Waals surface area contributed by atoms with Crippen molar-refractivity contribution in [3.63, 3.8) is 0 Å². The molecule has 2 aromatic rings. The van der Waals surface area contributed by atoms with Gasteiger partial charge in [0.05, 0.1) is 5.69 Å². The van der Waals surface area contributed by atoms with Crippen LogP contribution in [0.4, 0.5) is 0 Å². The molecule has 2 atom stereocenters. The standard InChI is InChI=1S/C13H19N3S/c1-2-10-3-4-14-11(7-10)8-12-9-16-5-6-17-13(16)15-12/h5-6,9-11,14H,2-4,7-8H2,1H3. The molecule has 1 aliphatic rings. The molecule has 0 radical (unpaired) electrons. The van der Waals surface area contributed by atoms with Crippen molar-refractivity contribution in [2.75, 3.05) is 6.54 Å². The van der Waals surface area contributed by atoms with Crippen molar-refractivity contribution in [2.24, 2.45) is 5.92 Å². The molecule has 2 unspecified atom stereocenters. The number of rotatable bonds is 3. The zero-order valence-electron chi connectivity index (χ0n) is 10.2. The summed E-state index contributed by atoms with van der Waals surface area (Å²) in [4.78, 5) is 5.77. The van der Waals surface area contributed by atoms with Gasteiger partial charge in [0.25, 0.3) is 0 Å². The first-order chi connectivity index (χ1) is 8.35. The van der Waals surface area contributed by atoms with E-state index in [4.69, 9.17) is 0 Å². The van der Waals surface area contributed by atoms with Crippen molar-refractivity contribution in [3.05, 3.63) is 23.5 Å². The molecule has 1 fully saturated rings. The number of hydrogen-bond donors (Lipinski definition) is 1. The van der Waals surface area contributed by atoms with Gasteiger partial charge in [-0.3, -0.25) is 4.40 Å². The number of nitrogens with one attached hydrogen (secondary N) is 1. The predicted molar refractivity (Wildman–Crippen MR) is 71.6 cm³/mol. The molecular weight excluding hydrogens is 230 g/mol. The number of thiazole rings is 1. The van der Waals surface area contributed by atoms with Gasteiger partial charge in [0.2, 0.25) is 0 Å². The Balaban J connectivity index is 1.68. The van der Waals surface area contributed by atoms with Crippen LogP contribution in [0.2, 0.25) is 0 Å². The Morgan fingerprint density at radius 2 is 2.53 bits per heavy atom. The van der Waals surface area contributed by atoms with Gasteiger partial charge in [-0.15, -0.1) is 11.3 Å². The fourth-order valence-electron chi connectivity index (χ4n) is 2.75. The summed E-state index contributed by atoms with van der Waals surface area (Å²) in [6.07, 6.45) is 9.29. The lowest BCUT2D eigenvalue weighted by atomic mass is 9.89. The molecule has 0 bridgehead atoms. The normalized spacial score (nSPS) is 25.5. The molecule has 17 heavy (non-hydrogen) atoms. The summed E-state index contributed by atoms with van der Waals surface area (Å²) in [5, 5.41) is 5.70. The van der Waals surface area contributed by atoms with Crippen molar-refractivity contribution in [1.82, 2.24) is 14.7 Å². The molecule has 3 heterocycles. The maximum absolute atomic E-state index is 4.66. The molecule has 0 amide bonds. The van der Waals surface area contributed by atoms with Crippen LogP contribution in [-0.2, 0) is 6.42 Å². The van der Waals surface area contributed by atoms with Crippen LogP contribution in [0.1, 0.15) is 31.9 Å². The Morgan fingerprint density at radius 3 is 3.35 bits per heavy atom. The van der Waals surface area contributed by atoms with Gasteiger partial charge in [-0.25, -0.2) is 4.98 Å². The van der Waals surface area contributed by atoms with E-state index in [1.54, 1.807) is 11.3 Å². The Kier molecular flexibility index (Phi) is 3.16. The molecule has 0 saturated carbocycles. The predicted octanol–water partition coefficient (Wildman–Crippen LogP) is 2.72. The second-order valence-corrected chi connectivity index (χ2v) is 5.85. The molecule has 0 aromatic carbocycles. The Bertz CT molecular complexity index is 459. The monoisotopic (exact) mass is 249 g/mol. The highest BCUT2D eigenvalue weighted by molar-refractivity contribution is 7.15. The van der Waals surface area contributed by atoms with E-state index < -0.39 is 0 Å². The summed E-state index contributed by atoms with van der Waals surface area (Å²) in [5.74, 6) is 0.907. The minimum atomic E-state index is 0.623. The van der Waals surface area contributed by atoms with E-state index in [0.29, 0.717) is 6.04 Å². The number of nitrogens with zero attached hydrogens (tertiary/aromatic N) is 2. The topological polar surface area (TPSA) is 29.3 Å². The van der Waals surface area contributed by atoms with E-state index in [2.05, 4.69) is 39.4 Å². The molecule has 0 spiro atoms. The van der Waals surface area contributed by atoms with Gasteiger partial charge in [-0.2, -0.15) is 0 Å². The largest absolute Gasteiger partial charge is 0.314 e. The zero-order valence-corrected chi connectivity index (χ0v) is 11.0. The van der Waals surface area contributed by atoms with E-state index in [-0.39, 0.29) is 0 Å². The smallest absolute Gasteiger partial charge is 0.193 e. The number of aromatic nitrogens is 2. The zero-order chi connectivity index (χ0) is 11.7. The molecular formula is C13H19N3S. The van der Waals surface area contributed by atoms with Crippen molar-refractivity contribution in [2.45, 2.75) is 38.6 Å². The molecule has 4 heteroatoms. The van der Waals surface area contributed by atoms with E-state index in [9.17, 15) is 0 Å². The van der Waals surface area contributed by atoms with E-state index in [1.165, 1.54) is 31.5 Å². The molecule has 1 aliphatic heterocycles. The summed E-state index contributed by atoms with van der Waals surface area (Å²) >= 11 is 1.71. The number of piperidine rings is 1. The first-order valence-corrected chi connectivity index (χ1v) is 7.37. The van der Waals surface area contributed by atoms with Crippen molar-refractivity contribution in [3.8, 4) is 0 Å². The van der Waals surface area contributed by atoms with Crippen LogP contribution < -0.4 is 5.32 Å². The summed E-state index contributed by atoms with van der Waals surface area (Å²) in [7, 11) is 0. The Labute approximate surface area is 106 Å². The van der Waals surface area contributed by atoms with Crippen LogP contribution in [0.25, 0.3) is 4.96 Å². The molecule has 0 aliphatic carbocycles. The van der Waals surface area contributed by atoms with Crippen molar-refractivity contribution >= 4 is 16.3 Å². The fraction of sp³-hybridized carbons (Fsp3) is 0.615. The van der Waals surface area contributed by atoms with Crippen LogP contribution in [0, 0.1) is 5.92 Å². The minimum Gasteiger partial charge on any atom is -0.314 e. The van der Waals surface area contributed by atoms with E-state index in [0.717, 1.165) is 17.3 Å². The number of hydrogen-bond acceptors (Lipinski definition) is 3. The number of fused-ring (bicyclic) bond motifs is 1. The van der Waals surface area contributed by atoms with E-state index in [1.807, 2.05) is 0 Å². The van der Waals surface area contributed by atoms with Crippen LogP contribution in [0.5, 0.6) is 0 Å². The highest BCUT2D eigenvalue weighted by Crippen LogP contribution is 2.22. The SMILES string of the molecule is CCC1CCNC(Cc2cn3ccsc3n2)C1. The average molecular weight is 249 g/mol. The Hall–Kier alpha value is -0.870. The maximum Gasteiger partial charge on any atom is 0.193 e. The van der Waals surface area contributed by atoms with Crippen LogP contribution >= 0.6 is 11.3 Å². The first-order valence-electron chi connectivity index (χ1n) is 6.49. The first kappa shape index (κ1) is 11.2. The van der Waals surface area contributed by atoms with Gasteiger partial charge >= 0.3 is 0 Å². The Morgan fingerprint density at radius 1 is 1.59 bits per heavy atom. The average Bonchev–Trinajstić information content (AvgIpc) is 2.90. The molecule has 1 N–H and O–H groups in total. The van der Waals surface area contributed by atoms with Crippen molar-refractivity contribution < 1.29 is 0 Å². The van der Waals surface area contributed by atoms with Crippen molar-refractivity contribution in [1.29, 1.82) is 0 Å². The van der Waals surface area contributed by atoms with Gasteiger partial charge in [-0.1, -0.05) is 13.3 Å². The quantitative estimate of drug-likeness (QED) is 0.906. The van der Waals surface area contributed by atoms with Gasteiger partial charge in [0.15, 0.2) is 4.96 Å². The summed E-state index contributed by atoms with van der Waals surface area (Å²) < 4.78 is 2.13. The molecule has 1 saturated heterocycles. The van der Waals surface area contributed by atoms with Gasteiger partial charge in [0.1, 0.15) is 0 Å². The number of imidazole rings is 1. The van der Waals surface area contributed by atoms with Gasteiger partial charge in [0, 0.05) is 30.2 Å². The lowest BCUT2D eigenvalue weighted by molar-refractivity contribution is 0.293. The lowest BCUT2D eigenvalue weighted by Crippen LogP contribution is -2.39. The molecule has 3 rings (SSSR count). The van der Waals surface area contributed by atoms with Crippen LogP contribution in [0.15, 0.2) is 17.8 Å². The summed E-state index contributed by atoms with van der Waals surface area (Å²) in [6, 6.07) is 0.623. The minimum absolute atomic E-state index is 0.623. The summed E-state index contributed by atoms with van der Waals surface area (Å²) in [6.45, 7) is 3.48. The fourth-order valence-corrected chi connectivity index (χ4v) is 3.47. The van der Waals surface area contributed by atoms with Crippen LogP contribution in [0.3, 0.4) is 0 Å². The van der Waals surface area contributed by atoms with Crippen LogP contribution in [-0.4, -0.2) is 22.0 Å². The third-order valence-electron chi connectivity index (χ3n) is 3.78. The second-order valence-electron chi connectivity index (χ2n) is 4.98. The van der Waals surface area contributed by atoms with E-state index >= 15 is 0 Å². The third-order valence-corrected chi connectivity index (χ3v) is 4.55. The second kappa shape index (κ2) is 4.78. The third kappa shape index (κ3) is 2.38. The lowest BCUT2D eigenvalue weighted by Gasteiger charge is -2.29. The highest BCUT2D eigenvalue weighted by Gasteiger charge is 2.21. The van der Waals surface area contributed by atoms with Gasteiger partial charge < -0.3 is 5.32 Å². The maximum atomic E-state index is 4.66. The molecule has 2 aromatic heterocycles. The molecule has 3 nitrogen and oxygen atoms in total. The summed E-state index contributed by atoms with van der Waals surface area (Å²) in [5.41, 5.74) is 1.23.